The molecule has 0 radical (unpaired) electrons. The molecule has 1 unspecified atom stereocenters. The van der Waals surface area contributed by atoms with Gasteiger partial charge in [-0.15, -0.1) is 24.0 Å². The highest BCUT2D eigenvalue weighted by Crippen LogP contribution is 2.02. The molecule has 110 valence electrons. The predicted molar refractivity (Wildman–Crippen MR) is 90.9 cm³/mol. The predicted octanol–water partition coefficient (Wildman–Crippen LogP) is 2.66. The fourth-order valence-corrected chi connectivity index (χ4v) is 1.76. The third kappa shape index (κ3) is 8.07. The molecule has 0 fully saturated rings. The van der Waals surface area contributed by atoms with E-state index in [1.165, 1.54) is 25.7 Å². The maximum atomic E-state index is 4.22. The summed E-state index contributed by atoms with van der Waals surface area (Å²) < 4.78 is 0. The van der Waals surface area contributed by atoms with Crippen LogP contribution in [0.3, 0.4) is 0 Å². The van der Waals surface area contributed by atoms with Gasteiger partial charge in [0.15, 0.2) is 5.96 Å². The number of halogens is 1. The topological polar surface area (TPSA) is 65.1 Å². The first-order chi connectivity index (χ1) is 8.76. The first kappa shape index (κ1) is 18.2. The Hall–Kier alpha value is -0.790. The lowest BCUT2D eigenvalue weighted by Gasteiger charge is -2.17. The molecule has 3 N–H and O–H groups in total. The fourth-order valence-electron chi connectivity index (χ4n) is 1.76. The molecule has 6 heteroatoms. The number of nitrogens with one attached hydrogen (secondary N) is 3. The number of H-pyrrole nitrogens is 1. The average Bonchev–Trinajstić information content (AvgIpc) is 2.88. The zero-order valence-electron chi connectivity index (χ0n) is 12.1. The van der Waals surface area contributed by atoms with Gasteiger partial charge >= 0.3 is 0 Å². The van der Waals surface area contributed by atoms with Crippen molar-refractivity contribution in [1.82, 2.24) is 20.8 Å². The molecule has 0 spiro atoms. The molecular formula is C13H26IN5. The zero-order chi connectivity index (χ0) is 13.2. The van der Waals surface area contributed by atoms with E-state index in [9.17, 15) is 0 Å². The summed E-state index contributed by atoms with van der Waals surface area (Å²) >= 11 is 0. The summed E-state index contributed by atoms with van der Waals surface area (Å²) in [5.74, 6) is 0.841. The Labute approximate surface area is 133 Å². The van der Waals surface area contributed by atoms with E-state index in [0.717, 1.165) is 11.7 Å². The van der Waals surface area contributed by atoms with Gasteiger partial charge in [0, 0.05) is 19.3 Å². The summed E-state index contributed by atoms with van der Waals surface area (Å²) in [7, 11) is 1.79. The van der Waals surface area contributed by atoms with Crippen LogP contribution in [0, 0.1) is 0 Å². The Morgan fingerprint density at radius 3 is 2.84 bits per heavy atom. The number of aliphatic imine (C=N–C) groups is 1. The van der Waals surface area contributed by atoms with Crippen molar-refractivity contribution in [2.24, 2.45) is 4.99 Å². The van der Waals surface area contributed by atoms with Crippen LogP contribution >= 0.6 is 24.0 Å². The van der Waals surface area contributed by atoms with E-state index in [-0.39, 0.29) is 24.0 Å². The molecule has 1 atom stereocenters. The molecule has 19 heavy (non-hydrogen) atoms. The molecule has 0 aliphatic heterocycles. The number of hydrogen-bond acceptors (Lipinski definition) is 2. The molecule has 0 bridgehead atoms. The first-order valence-electron chi connectivity index (χ1n) is 6.71. The van der Waals surface area contributed by atoms with E-state index < -0.39 is 0 Å². The van der Waals surface area contributed by atoms with Crippen LogP contribution in [0.4, 0.5) is 0 Å². The molecule has 0 aliphatic rings. The van der Waals surface area contributed by atoms with E-state index in [0.29, 0.717) is 12.6 Å². The van der Waals surface area contributed by atoms with Gasteiger partial charge in [-0.2, -0.15) is 5.10 Å². The lowest BCUT2D eigenvalue weighted by atomic mass is 10.1. The van der Waals surface area contributed by atoms with Crippen LogP contribution in [0.5, 0.6) is 0 Å². The summed E-state index contributed by atoms with van der Waals surface area (Å²) in [6, 6.07) is 2.40. The van der Waals surface area contributed by atoms with E-state index in [1.807, 2.05) is 6.07 Å². The summed E-state index contributed by atoms with van der Waals surface area (Å²) in [6.45, 7) is 5.13. The van der Waals surface area contributed by atoms with E-state index in [2.05, 4.69) is 39.7 Å². The Kier molecular flexibility index (Phi) is 10.6. The van der Waals surface area contributed by atoms with Crippen LogP contribution in [0.15, 0.2) is 17.3 Å². The fraction of sp³-hybridized carbons (Fsp3) is 0.692. The van der Waals surface area contributed by atoms with E-state index >= 15 is 0 Å². The molecule has 1 aromatic rings. The number of nitrogens with zero attached hydrogens (tertiary/aromatic N) is 2. The second kappa shape index (κ2) is 11.1. The van der Waals surface area contributed by atoms with Crippen molar-refractivity contribution >= 4 is 29.9 Å². The van der Waals surface area contributed by atoms with Gasteiger partial charge in [0.2, 0.25) is 0 Å². The van der Waals surface area contributed by atoms with Crippen LogP contribution in [-0.2, 0) is 6.54 Å². The van der Waals surface area contributed by atoms with Crippen LogP contribution in [0.25, 0.3) is 0 Å². The molecule has 0 saturated heterocycles. The molecule has 0 amide bonds. The highest BCUT2D eigenvalue weighted by atomic mass is 127. The molecule has 0 aliphatic carbocycles. The SMILES string of the molecule is CCCCCC(C)NC(=NC)NCc1ccn[nH]1.I. The molecule has 0 aromatic carbocycles. The van der Waals surface area contributed by atoms with Crippen molar-refractivity contribution in [1.29, 1.82) is 0 Å². The quantitative estimate of drug-likeness (QED) is 0.295. The summed E-state index contributed by atoms with van der Waals surface area (Å²) in [5.41, 5.74) is 1.05. The number of aromatic nitrogens is 2. The highest BCUT2D eigenvalue weighted by Gasteiger charge is 2.04. The van der Waals surface area contributed by atoms with Gasteiger partial charge in [-0.1, -0.05) is 26.2 Å². The lowest BCUT2D eigenvalue weighted by molar-refractivity contribution is 0.546. The van der Waals surface area contributed by atoms with Gasteiger partial charge in [0.05, 0.1) is 12.2 Å². The van der Waals surface area contributed by atoms with E-state index in [4.69, 9.17) is 0 Å². The Bertz CT molecular complexity index is 337. The molecule has 0 saturated carbocycles. The minimum Gasteiger partial charge on any atom is -0.354 e. The standard InChI is InChI=1S/C13H25N5.HI/c1-4-5-6-7-11(2)17-13(14-3)15-10-12-8-9-16-18-12;/h8-9,11H,4-7,10H2,1-3H3,(H,16,18)(H2,14,15,17);1H. The van der Waals surface area contributed by atoms with Crippen molar-refractivity contribution in [2.45, 2.75) is 52.1 Å². The number of rotatable bonds is 7. The average molecular weight is 379 g/mol. The summed E-state index contributed by atoms with van der Waals surface area (Å²) in [5, 5.41) is 13.5. The Balaban J connectivity index is 0.00000324. The minimum atomic E-state index is 0. The number of aromatic amines is 1. The smallest absolute Gasteiger partial charge is 0.191 e. The maximum Gasteiger partial charge on any atom is 0.191 e. The van der Waals surface area contributed by atoms with Gasteiger partial charge in [-0.05, 0) is 19.4 Å². The van der Waals surface area contributed by atoms with Crippen molar-refractivity contribution in [3.8, 4) is 0 Å². The van der Waals surface area contributed by atoms with Gasteiger partial charge in [0.25, 0.3) is 0 Å². The second-order valence-corrected chi connectivity index (χ2v) is 4.55. The van der Waals surface area contributed by atoms with Crippen LogP contribution in [-0.4, -0.2) is 29.2 Å². The zero-order valence-corrected chi connectivity index (χ0v) is 14.4. The normalized spacial score (nSPS) is 12.7. The van der Waals surface area contributed by atoms with Crippen molar-refractivity contribution in [2.75, 3.05) is 7.05 Å². The summed E-state index contributed by atoms with van der Waals surface area (Å²) in [4.78, 5) is 4.22. The molecular weight excluding hydrogens is 353 g/mol. The Morgan fingerprint density at radius 1 is 1.47 bits per heavy atom. The van der Waals surface area contributed by atoms with Gasteiger partial charge in [-0.25, -0.2) is 0 Å². The van der Waals surface area contributed by atoms with Crippen molar-refractivity contribution in [3.05, 3.63) is 18.0 Å². The third-order valence-corrected chi connectivity index (χ3v) is 2.85. The summed E-state index contributed by atoms with van der Waals surface area (Å²) in [6.07, 6.45) is 6.76. The number of guanidine groups is 1. The second-order valence-electron chi connectivity index (χ2n) is 4.55. The third-order valence-electron chi connectivity index (χ3n) is 2.85. The van der Waals surface area contributed by atoms with Crippen molar-refractivity contribution in [3.63, 3.8) is 0 Å². The highest BCUT2D eigenvalue weighted by molar-refractivity contribution is 14.0. The van der Waals surface area contributed by atoms with Gasteiger partial charge in [-0.3, -0.25) is 10.1 Å². The molecule has 1 aromatic heterocycles. The van der Waals surface area contributed by atoms with E-state index in [1.54, 1.807) is 13.2 Å². The largest absolute Gasteiger partial charge is 0.354 e. The maximum absolute atomic E-state index is 4.22. The Morgan fingerprint density at radius 2 is 2.26 bits per heavy atom. The van der Waals surface area contributed by atoms with Crippen LogP contribution in [0.2, 0.25) is 0 Å². The van der Waals surface area contributed by atoms with Gasteiger partial charge < -0.3 is 10.6 Å². The van der Waals surface area contributed by atoms with Gasteiger partial charge in [0.1, 0.15) is 0 Å². The minimum absolute atomic E-state index is 0. The lowest BCUT2D eigenvalue weighted by Crippen LogP contribution is -2.41. The monoisotopic (exact) mass is 379 g/mol. The molecule has 1 heterocycles. The van der Waals surface area contributed by atoms with Crippen molar-refractivity contribution < 1.29 is 0 Å². The molecule has 1 rings (SSSR count). The first-order valence-corrected chi connectivity index (χ1v) is 6.71. The molecule has 5 nitrogen and oxygen atoms in total. The number of unbranched alkanes of at least 4 members (excludes halogenated alkanes) is 2. The van der Waals surface area contributed by atoms with Crippen LogP contribution < -0.4 is 10.6 Å². The van der Waals surface area contributed by atoms with Crippen LogP contribution in [0.1, 0.15) is 45.2 Å². The number of hydrogen-bond donors (Lipinski definition) is 3.